The van der Waals surface area contributed by atoms with Gasteiger partial charge in [-0.15, -0.1) is 5.10 Å². The standard InChI is InChI=1S/C23H28N6O/c1-14-13-17(20(24)19-15(2)16(3)25-21(14)19)26-22-18-9-6-7-11-29(18)27-23(22)30-12-8-10-28(4)5/h6-7,9,11,13,24-25H,8,10,12H2,1-5H3/b24-20?,26-17+. The van der Waals surface area contributed by atoms with Crippen LogP contribution in [0.25, 0.3) is 11.1 Å². The highest BCUT2D eigenvalue weighted by Crippen LogP contribution is 2.35. The fourth-order valence-electron chi connectivity index (χ4n) is 3.73. The van der Waals surface area contributed by atoms with Gasteiger partial charge in [0.05, 0.1) is 29.2 Å². The second-order valence-corrected chi connectivity index (χ2v) is 8.01. The average molecular weight is 405 g/mol. The molecule has 0 atom stereocenters. The third-order valence-electron chi connectivity index (χ3n) is 5.46. The Morgan fingerprint density at radius 3 is 2.80 bits per heavy atom. The van der Waals surface area contributed by atoms with Gasteiger partial charge >= 0.3 is 0 Å². The lowest BCUT2D eigenvalue weighted by atomic mass is 9.92. The summed E-state index contributed by atoms with van der Waals surface area (Å²) in [4.78, 5) is 10.4. The van der Waals surface area contributed by atoms with E-state index in [1.807, 2.05) is 65.3 Å². The lowest BCUT2D eigenvalue weighted by Gasteiger charge is -2.15. The maximum atomic E-state index is 8.80. The van der Waals surface area contributed by atoms with Crippen molar-refractivity contribution in [2.75, 3.05) is 27.2 Å². The molecule has 0 aliphatic heterocycles. The number of nitrogens with zero attached hydrogens (tertiary/aromatic N) is 4. The molecule has 0 amide bonds. The predicted octanol–water partition coefficient (Wildman–Crippen LogP) is 4.17. The largest absolute Gasteiger partial charge is 0.475 e. The number of aromatic nitrogens is 3. The summed E-state index contributed by atoms with van der Waals surface area (Å²) in [6.07, 6.45) is 4.75. The van der Waals surface area contributed by atoms with Gasteiger partial charge in [0, 0.05) is 24.0 Å². The first-order valence-corrected chi connectivity index (χ1v) is 10.2. The van der Waals surface area contributed by atoms with Crippen LogP contribution in [-0.2, 0) is 0 Å². The molecule has 0 fully saturated rings. The van der Waals surface area contributed by atoms with Crippen molar-refractivity contribution in [2.45, 2.75) is 27.2 Å². The Labute approximate surface area is 176 Å². The highest BCUT2D eigenvalue weighted by atomic mass is 16.5. The van der Waals surface area contributed by atoms with E-state index in [1.54, 1.807) is 4.52 Å². The lowest BCUT2D eigenvalue weighted by Crippen LogP contribution is -2.18. The first kappa shape index (κ1) is 20.1. The summed E-state index contributed by atoms with van der Waals surface area (Å²) < 4.78 is 7.79. The van der Waals surface area contributed by atoms with Gasteiger partial charge in [-0.05, 0) is 70.6 Å². The van der Waals surface area contributed by atoms with Crippen LogP contribution in [0.15, 0.2) is 35.5 Å². The fraction of sp³-hybridized carbons (Fsp3) is 0.348. The SMILES string of the molecule is CC1=C/C(=N\c2c(OCCCN(C)C)nn3ccccc23)C(=N)c2c1[nH]c(C)c2C. The predicted molar refractivity (Wildman–Crippen MR) is 122 cm³/mol. The maximum absolute atomic E-state index is 8.80. The number of allylic oxidation sites excluding steroid dienone is 2. The Morgan fingerprint density at radius 2 is 2.03 bits per heavy atom. The Bertz CT molecular complexity index is 1180. The van der Waals surface area contributed by atoms with Crippen molar-refractivity contribution in [3.05, 3.63) is 53.0 Å². The molecule has 4 rings (SSSR count). The van der Waals surface area contributed by atoms with E-state index in [-0.39, 0.29) is 0 Å². The topological polar surface area (TPSA) is 81.8 Å². The van der Waals surface area contributed by atoms with Crippen molar-refractivity contribution in [3.63, 3.8) is 0 Å². The second-order valence-electron chi connectivity index (χ2n) is 8.01. The zero-order chi connectivity index (χ0) is 21.4. The second kappa shape index (κ2) is 7.91. The van der Waals surface area contributed by atoms with Crippen molar-refractivity contribution in [3.8, 4) is 5.88 Å². The molecule has 30 heavy (non-hydrogen) atoms. The van der Waals surface area contributed by atoms with E-state index in [0.29, 0.717) is 29.6 Å². The zero-order valence-corrected chi connectivity index (χ0v) is 18.2. The van der Waals surface area contributed by atoms with Gasteiger partial charge in [0.15, 0.2) is 5.69 Å². The Hall–Kier alpha value is -3.19. The highest BCUT2D eigenvalue weighted by Gasteiger charge is 2.25. The summed E-state index contributed by atoms with van der Waals surface area (Å²) in [7, 11) is 4.09. The quantitative estimate of drug-likeness (QED) is 0.605. The summed E-state index contributed by atoms with van der Waals surface area (Å²) in [6.45, 7) is 7.64. The number of rotatable bonds is 6. The molecule has 0 radical (unpaired) electrons. The lowest BCUT2D eigenvalue weighted by molar-refractivity contribution is 0.273. The molecule has 0 bridgehead atoms. The molecule has 156 valence electrons. The normalized spacial score (nSPS) is 15.2. The first-order valence-electron chi connectivity index (χ1n) is 10.2. The van der Waals surface area contributed by atoms with Gasteiger partial charge in [-0.1, -0.05) is 6.07 Å². The minimum Gasteiger partial charge on any atom is -0.475 e. The van der Waals surface area contributed by atoms with Crippen LogP contribution in [0.4, 0.5) is 5.69 Å². The number of nitrogens with one attached hydrogen (secondary N) is 2. The smallest absolute Gasteiger partial charge is 0.260 e. The van der Waals surface area contributed by atoms with Gasteiger partial charge in [-0.3, -0.25) is 5.41 Å². The van der Waals surface area contributed by atoms with E-state index in [4.69, 9.17) is 15.1 Å². The van der Waals surface area contributed by atoms with Crippen LogP contribution in [0.2, 0.25) is 0 Å². The third-order valence-corrected chi connectivity index (χ3v) is 5.46. The van der Waals surface area contributed by atoms with E-state index in [0.717, 1.165) is 46.6 Å². The Morgan fingerprint density at radius 1 is 1.23 bits per heavy atom. The van der Waals surface area contributed by atoms with Crippen molar-refractivity contribution in [1.29, 1.82) is 5.41 Å². The number of aliphatic imine (C=N–C) groups is 1. The molecule has 0 unspecified atom stereocenters. The number of fused-ring (bicyclic) bond motifs is 2. The maximum Gasteiger partial charge on any atom is 0.260 e. The summed E-state index contributed by atoms with van der Waals surface area (Å²) in [6, 6.07) is 5.86. The number of aromatic amines is 1. The third kappa shape index (κ3) is 3.57. The molecule has 1 aliphatic rings. The molecule has 0 aromatic carbocycles. The van der Waals surface area contributed by atoms with Crippen LogP contribution >= 0.6 is 0 Å². The molecule has 7 heteroatoms. The van der Waals surface area contributed by atoms with Crippen LogP contribution < -0.4 is 4.74 Å². The molecule has 3 aromatic rings. The van der Waals surface area contributed by atoms with Gasteiger partial charge in [-0.2, -0.15) is 0 Å². The van der Waals surface area contributed by atoms with Crippen molar-refractivity contribution < 1.29 is 4.74 Å². The molecule has 0 saturated carbocycles. The summed E-state index contributed by atoms with van der Waals surface area (Å²) in [5, 5.41) is 13.4. The minimum absolute atomic E-state index is 0.422. The van der Waals surface area contributed by atoms with E-state index in [2.05, 4.69) is 15.0 Å². The number of aryl methyl sites for hydroxylation is 1. The van der Waals surface area contributed by atoms with Crippen LogP contribution in [0.3, 0.4) is 0 Å². The van der Waals surface area contributed by atoms with E-state index in [9.17, 15) is 0 Å². The van der Waals surface area contributed by atoms with Gasteiger partial charge in [0.1, 0.15) is 0 Å². The first-order chi connectivity index (χ1) is 14.4. The van der Waals surface area contributed by atoms with Crippen LogP contribution in [0.5, 0.6) is 5.88 Å². The monoisotopic (exact) mass is 404 g/mol. The molecular weight excluding hydrogens is 376 g/mol. The molecule has 0 saturated heterocycles. The van der Waals surface area contributed by atoms with Crippen molar-refractivity contribution in [2.24, 2.45) is 4.99 Å². The van der Waals surface area contributed by atoms with Crippen LogP contribution in [0.1, 0.15) is 35.9 Å². The summed E-state index contributed by atoms with van der Waals surface area (Å²) in [5.74, 6) is 0.499. The molecule has 0 spiro atoms. The minimum atomic E-state index is 0.422. The Kier molecular flexibility index (Phi) is 5.30. The summed E-state index contributed by atoms with van der Waals surface area (Å²) in [5.41, 5.74) is 7.75. The molecule has 2 N–H and O–H groups in total. The number of ether oxygens (including phenoxy) is 1. The number of pyridine rings is 1. The zero-order valence-electron chi connectivity index (χ0n) is 18.2. The van der Waals surface area contributed by atoms with Crippen molar-refractivity contribution >= 4 is 28.2 Å². The van der Waals surface area contributed by atoms with E-state index < -0.39 is 0 Å². The Balaban J connectivity index is 1.74. The average Bonchev–Trinajstić information content (AvgIpc) is 3.21. The van der Waals surface area contributed by atoms with Crippen molar-refractivity contribution in [1.82, 2.24) is 19.5 Å². The van der Waals surface area contributed by atoms with E-state index >= 15 is 0 Å². The van der Waals surface area contributed by atoms with Crippen LogP contribution in [-0.4, -0.2) is 58.2 Å². The van der Waals surface area contributed by atoms with Gasteiger partial charge in [0.25, 0.3) is 5.88 Å². The van der Waals surface area contributed by atoms with Gasteiger partial charge in [0.2, 0.25) is 0 Å². The number of hydrogen-bond acceptors (Lipinski definition) is 5. The number of H-pyrrole nitrogens is 1. The van der Waals surface area contributed by atoms with Crippen LogP contribution in [0, 0.1) is 19.3 Å². The summed E-state index contributed by atoms with van der Waals surface area (Å²) >= 11 is 0. The molecule has 3 aromatic heterocycles. The molecular formula is C23H28N6O. The number of hydrogen-bond donors (Lipinski definition) is 2. The fourth-order valence-corrected chi connectivity index (χ4v) is 3.73. The molecule has 1 aliphatic carbocycles. The molecule has 3 heterocycles. The molecule has 7 nitrogen and oxygen atoms in total. The van der Waals surface area contributed by atoms with Gasteiger partial charge in [-0.25, -0.2) is 9.51 Å². The highest BCUT2D eigenvalue weighted by molar-refractivity contribution is 6.54. The van der Waals surface area contributed by atoms with Gasteiger partial charge < -0.3 is 14.6 Å². The van der Waals surface area contributed by atoms with E-state index in [1.165, 1.54) is 0 Å².